The van der Waals surface area contributed by atoms with Crippen molar-refractivity contribution in [1.82, 2.24) is 20.2 Å². The van der Waals surface area contributed by atoms with E-state index in [0.717, 1.165) is 10.8 Å². The zero-order valence-corrected chi connectivity index (χ0v) is 19.3. The van der Waals surface area contributed by atoms with E-state index in [1.54, 1.807) is 42.5 Å². The highest BCUT2D eigenvalue weighted by molar-refractivity contribution is 5.96. The Labute approximate surface area is 204 Å². The van der Waals surface area contributed by atoms with Crippen molar-refractivity contribution in [2.45, 2.75) is 13.5 Å². The minimum atomic E-state index is -0.753. The van der Waals surface area contributed by atoms with Crippen molar-refractivity contribution in [3.05, 3.63) is 86.2 Å². The van der Waals surface area contributed by atoms with Gasteiger partial charge >= 0.3 is 5.69 Å². The Balaban J connectivity index is 1.33. The molecule has 12 nitrogen and oxygen atoms in total. The third-order valence-electron chi connectivity index (χ3n) is 5.25. The number of aromatic amines is 1. The molecule has 0 atom stereocenters. The standard InChI is InChI=1S/C24H23N5O7/c1-14(30)28-17-5-3-16(4-6-17)21(31)25-8-9-26-22(32)18-11-27-24(34)29(23(18)33)12-15-2-7-19-20(10-15)36-13-35-19/h2-7,10-11H,8-9,12-13H2,1H3,(H,25,31)(H,26,32)(H,27,34)(H,28,30). The van der Waals surface area contributed by atoms with Crippen LogP contribution in [0.15, 0.2) is 58.3 Å². The zero-order chi connectivity index (χ0) is 25.7. The van der Waals surface area contributed by atoms with Crippen LogP contribution in [0.3, 0.4) is 0 Å². The predicted octanol–water partition coefficient (Wildman–Crippen LogP) is 0.432. The Morgan fingerprint density at radius 1 is 0.944 bits per heavy atom. The van der Waals surface area contributed by atoms with Crippen LogP contribution in [0.25, 0.3) is 0 Å². The number of carbonyl (C=O) groups excluding carboxylic acids is 3. The smallest absolute Gasteiger partial charge is 0.328 e. The first-order valence-electron chi connectivity index (χ1n) is 11.0. The number of benzene rings is 2. The van der Waals surface area contributed by atoms with Gasteiger partial charge in [-0.1, -0.05) is 6.07 Å². The van der Waals surface area contributed by atoms with Crippen LogP contribution in [0.4, 0.5) is 5.69 Å². The summed E-state index contributed by atoms with van der Waals surface area (Å²) >= 11 is 0. The van der Waals surface area contributed by atoms with Gasteiger partial charge in [-0.25, -0.2) is 4.79 Å². The number of fused-ring (bicyclic) bond motifs is 1. The van der Waals surface area contributed by atoms with Crippen LogP contribution in [-0.2, 0) is 11.3 Å². The number of nitrogens with one attached hydrogen (secondary N) is 4. The molecule has 1 aliphatic rings. The zero-order valence-electron chi connectivity index (χ0n) is 19.3. The van der Waals surface area contributed by atoms with Gasteiger partial charge in [0.15, 0.2) is 11.5 Å². The second-order valence-electron chi connectivity index (χ2n) is 7.86. The number of rotatable bonds is 8. The van der Waals surface area contributed by atoms with Crippen LogP contribution in [0, 0.1) is 0 Å². The molecule has 0 fully saturated rings. The predicted molar refractivity (Wildman–Crippen MR) is 128 cm³/mol. The number of anilines is 1. The summed E-state index contributed by atoms with van der Waals surface area (Å²) in [6, 6.07) is 11.4. The molecule has 12 heteroatoms. The highest BCUT2D eigenvalue weighted by Gasteiger charge is 2.17. The van der Waals surface area contributed by atoms with Crippen LogP contribution in [0.5, 0.6) is 11.5 Å². The van der Waals surface area contributed by atoms with Gasteiger partial charge in [0.05, 0.1) is 6.54 Å². The number of ether oxygens (including phenoxy) is 2. The van der Waals surface area contributed by atoms with Crippen LogP contribution in [-0.4, -0.2) is 47.2 Å². The average molecular weight is 493 g/mol. The highest BCUT2D eigenvalue weighted by Crippen LogP contribution is 2.32. The number of aromatic nitrogens is 2. The van der Waals surface area contributed by atoms with Gasteiger partial charge in [-0.15, -0.1) is 0 Å². The fourth-order valence-corrected chi connectivity index (χ4v) is 3.50. The fourth-order valence-electron chi connectivity index (χ4n) is 3.50. The van der Waals surface area contributed by atoms with Crippen molar-refractivity contribution in [3.8, 4) is 11.5 Å². The van der Waals surface area contributed by atoms with E-state index in [-0.39, 0.29) is 43.8 Å². The van der Waals surface area contributed by atoms with E-state index >= 15 is 0 Å². The monoisotopic (exact) mass is 493 g/mol. The van der Waals surface area contributed by atoms with E-state index < -0.39 is 17.2 Å². The summed E-state index contributed by atoms with van der Waals surface area (Å²) < 4.78 is 11.5. The van der Waals surface area contributed by atoms with Crippen molar-refractivity contribution >= 4 is 23.4 Å². The van der Waals surface area contributed by atoms with Crippen molar-refractivity contribution in [3.63, 3.8) is 0 Å². The van der Waals surface area contributed by atoms with E-state index in [4.69, 9.17) is 9.47 Å². The normalized spacial score (nSPS) is 11.6. The lowest BCUT2D eigenvalue weighted by atomic mass is 10.2. The van der Waals surface area contributed by atoms with Gasteiger partial charge < -0.3 is 30.4 Å². The summed E-state index contributed by atoms with van der Waals surface area (Å²) in [5, 5.41) is 7.81. The number of amides is 3. The minimum absolute atomic E-state index is 0.0509. The second-order valence-corrected chi connectivity index (χ2v) is 7.86. The van der Waals surface area contributed by atoms with Crippen molar-refractivity contribution in [2.75, 3.05) is 25.2 Å². The Hall–Kier alpha value is -4.87. The molecule has 0 bridgehead atoms. The van der Waals surface area contributed by atoms with E-state index in [1.807, 2.05) is 0 Å². The first-order valence-corrected chi connectivity index (χ1v) is 11.0. The van der Waals surface area contributed by atoms with Gasteiger partial charge in [-0.2, -0.15) is 0 Å². The number of H-pyrrole nitrogens is 1. The Morgan fingerprint density at radius 2 is 1.64 bits per heavy atom. The maximum atomic E-state index is 12.8. The summed E-state index contributed by atoms with van der Waals surface area (Å²) in [4.78, 5) is 63.3. The van der Waals surface area contributed by atoms with E-state index in [0.29, 0.717) is 28.3 Å². The highest BCUT2D eigenvalue weighted by atomic mass is 16.7. The van der Waals surface area contributed by atoms with Gasteiger partial charge in [0.25, 0.3) is 17.4 Å². The molecule has 0 radical (unpaired) electrons. The first-order chi connectivity index (χ1) is 17.3. The van der Waals surface area contributed by atoms with Gasteiger partial charge in [-0.05, 0) is 42.0 Å². The van der Waals surface area contributed by atoms with E-state index in [9.17, 15) is 24.0 Å². The quantitative estimate of drug-likeness (QED) is 0.331. The Kier molecular flexibility index (Phi) is 7.14. The first kappa shape index (κ1) is 24.3. The molecule has 0 saturated carbocycles. The minimum Gasteiger partial charge on any atom is -0.454 e. The number of hydrogen-bond donors (Lipinski definition) is 4. The fraction of sp³-hybridized carbons (Fsp3) is 0.208. The summed E-state index contributed by atoms with van der Waals surface area (Å²) in [6.45, 7) is 1.57. The van der Waals surface area contributed by atoms with Gasteiger partial charge in [0, 0.05) is 37.5 Å². The van der Waals surface area contributed by atoms with Crippen molar-refractivity contribution in [1.29, 1.82) is 0 Å². The molecule has 2 aromatic carbocycles. The van der Waals surface area contributed by atoms with Crippen LogP contribution in [0.1, 0.15) is 33.2 Å². The summed E-state index contributed by atoms with van der Waals surface area (Å²) in [6.07, 6.45) is 1.06. The number of carbonyl (C=O) groups is 3. The Bertz CT molecular complexity index is 1430. The molecule has 0 spiro atoms. The lowest BCUT2D eigenvalue weighted by molar-refractivity contribution is -0.114. The molecule has 3 amide bonds. The van der Waals surface area contributed by atoms with Crippen molar-refractivity contribution in [2.24, 2.45) is 0 Å². The maximum absolute atomic E-state index is 12.8. The van der Waals surface area contributed by atoms with Crippen LogP contribution in [0.2, 0.25) is 0 Å². The largest absolute Gasteiger partial charge is 0.454 e. The molecule has 4 rings (SSSR count). The van der Waals surface area contributed by atoms with E-state index in [1.165, 1.54) is 6.92 Å². The molecular formula is C24H23N5O7. The third-order valence-corrected chi connectivity index (χ3v) is 5.25. The van der Waals surface area contributed by atoms with E-state index in [2.05, 4.69) is 20.9 Å². The molecule has 0 unspecified atom stereocenters. The van der Waals surface area contributed by atoms with Crippen molar-refractivity contribution < 1.29 is 23.9 Å². The lowest BCUT2D eigenvalue weighted by Crippen LogP contribution is -2.42. The van der Waals surface area contributed by atoms with Crippen LogP contribution >= 0.6 is 0 Å². The van der Waals surface area contributed by atoms with Gasteiger partial charge in [0.2, 0.25) is 12.7 Å². The average Bonchev–Trinajstić information content (AvgIpc) is 3.32. The summed E-state index contributed by atoms with van der Waals surface area (Å²) in [5.74, 6) is -0.192. The molecule has 186 valence electrons. The number of hydrogen-bond acceptors (Lipinski definition) is 7. The summed E-state index contributed by atoms with van der Waals surface area (Å²) in [5.41, 5.74) is -0.0884. The molecule has 1 aromatic heterocycles. The molecule has 0 saturated heterocycles. The number of nitrogens with zero attached hydrogens (tertiary/aromatic N) is 1. The third kappa shape index (κ3) is 5.60. The van der Waals surface area contributed by atoms with Crippen LogP contribution < -0.4 is 36.7 Å². The molecule has 2 heterocycles. The molecule has 4 N–H and O–H groups in total. The topological polar surface area (TPSA) is 161 Å². The summed E-state index contributed by atoms with van der Waals surface area (Å²) in [7, 11) is 0. The lowest BCUT2D eigenvalue weighted by Gasteiger charge is -2.10. The molecule has 36 heavy (non-hydrogen) atoms. The molecule has 1 aliphatic heterocycles. The molecule has 3 aromatic rings. The Morgan fingerprint density at radius 3 is 2.36 bits per heavy atom. The van der Waals surface area contributed by atoms with Gasteiger partial charge in [0.1, 0.15) is 5.56 Å². The SMILES string of the molecule is CC(=O)Nc1ccc(C(=O)NCCNC(=O)c2c[nH]c(=O)n(Cc3ccc4c(c3)OCO4)c2=O)cc1. The maximum Gasteiger partial charge on any atom is 0.328 e. The molecular weight excluding hydrogens is 470 g/mol. The molecule has 0 aliphatic carbocycles. The van der Waals surface area contributed by atoms with Gasteiger partial charge in [-0.3, -0.25) is 23.7 Å². The second kappa shape index (κ2) is 10.6.